The molecule has 0 fully saturated rings. The number of nitro benzene ring substituents is 2. The van der Waals surface area contributed by atoms with Gasteiger partial charge >= 0.3 is 0 Å². The van der Waals surface area contributed by atoms with Gasteiger partial charge in [-0.15, -0.1) is 0 Å². The molecule has 2 aromatic rings. The Bertz CT molecular complexity index is 867. The van der Waals surface area contributed by atoms with Crippen molar-refractivity contribution in [1.29, 1.82) is 0 Å². The normalized spacial score (nSPS) is 11.0. The van der Waals surface area contributed by atoms with Crippen LogP contribution < -0.4 is 4.31 Å². The minimum Gasteiger partial charge on any atom is -0.262 e. The standard InChI is InChI=1S/C13H11N3O6S/c1-14(23(21,22)11-5-3-2-4-6-11)12-8-7-10(15(17)18)9-13(12)16(19)20/h2-9H,1H3. The average molecular weight is 337 g/mol. The first-order valence-corrected chi connectivity index (χ1v) is 7.66. The molecule has 0 heterocycles. The quantitative estimate of drug-likeness (QED) is 0.609. The molecule has 0 atom stereocenters. The summed E-state index contributed by atoms with van der Waals surface area (Å²) in [5.74, 6) is 0. The Kier molecular flexibility index (Phi) is 4.27. The molecule has 0 saturated carbocycles. The molecule has 9 nitrogen and oxygen atoms in total. The fourth-order valence-corrected chi connectivity index (χ4v) is 3.15. The fraction of sp³-hybridized carbons (Fsp3) is 0.0769. The molecule has 0 aliphatic carbocycles. The first-order chi connectivity index (χ1) is 10.7. The minimum atomic E-state index is -4.02. The van der Waals surface area contributed by atoms with Gasteiger partial charge in [0.1, 0.15) is 5.69 Å². The highest BCUT2D eigenvalue weighted by molar-refractivity contribution is 7.92. The van der Waals surface area contributed by atoms with Crippen LogP contribution in [0.2, 0.25) is 0 Å². The first kappa shape index (κ1) is 16.4. The molecule has 0 unspecified atom stereocenters. The maximum Gasteiger partial charge on any atom is 0.300 e. The minimum absolute atomic E-state index is 0.0462. The van der Waals surface area contributed by atoms with Crippen molar-refractivity contribution in [2.24, 2.45) is 0 Å². The van der Waals surface area contributed by atoms with Crippen molar-refractivity contribution in [2.75, 3.05) is 11.4 Å². The van der Waals surface area contributed by atoms with E-state index in [1.165, 1.54) is 24.3 Å². The number of rotatable bonds is 5. The SMILES string of the molecule is CN(c1ccc([N+](=O)[O-])cc1[N+](=O)[O-])S(=O)(=O)c1ccccc1. The third-order valence-electron chi connectivity index (χ3n) is 3.11. The predicted molar refractivity (Wildman–Crippen MR) is 81.8 cm³/mol. The Morgan fingerprint density at radius 2 is 1.57 bits per heavy atom. The third-order valence-corrected chi connectivity index (χ3v) is 4.89. The molecular formula is C13H11N3O6S. The monoisotopic (exact) mass is 337 g/mol. The summed E-state index contributed by atoms with van der Waals surface area (Å²) in [6.07, 6.45) is 0. The van der Waals surface area contributed by atoms with Gasteiger partial charge in [0.2, 0.25) is 0 Å². The van der Waals surface area contributed by atoms with Crippen molar-refractivity contribution < 1.29 is 18.3 Å². The first-order valence-electron chi connectivity index (χ1n) is 6.22. The van der Waals surface area contributed by atoms with E-state index in [2.05, 4.69) is 0 Å². The molecule has 0 aliphatic heterocycles. The molecule has 0 amide bonds. The van der Waals surface area contributed by atoms with Crippen LogP contribution in [0.25, 0.3) is 0 Å². The van der Waals surface area contributed by atoms with E-state index in [-0.39, 0.29) is 10.6 Å². The summed E-state index contributed by atoms with van der Waals surface area (Å²) in [7, 11) is -2.87. The van der Waals surface area contributed by atoms with Crippen LogP contribution >= 0.6 is 0 Å². The zero-order valence-electron chi connectivity index (χ0n) is 11.8. The van der Waals surface area contributed by atoms with Crippen molar-refractivity contribution in [1.82, 2.24) is 0 Å². The van der Waals surface area contributed by atoms with Crippen LogP contribution in [0, 0.1) is 20.2 Å². The summed E-state index contributed by atoms with van der Waals surface area (Å²) in [6, 6.07) is 10.2. The summed E-state index contributed by atoms with van der Waals surface area (Å²) >= 11 is 0. The number of sulfonamides is 1. The molecule has 0 aliphatic rings. The molecule has 0 bridgehead atoms. The van der Waals surface area contributed by atoms with E-state index < -0.39 is 31.2 Å². The molecule has 2 aromatic carbocycles. The van der Waals surface area contributed by atoms with Gasteiger partial charge in [0.05, 0.1) is 20.8 Å². The lowest BCUT2D eigenvalue weighted by atomic mass is 10.2. The zero-order valence-corrected chi connectivity index (χ0v) is 12.6. The highest BCUT2D eigenvalue weighted by Gasteiger charge is 2.29. The molecule has 0 spiro atoms. The van der Waals surface area contributed by atoms with Crippen molar-refractivity contribution in [3.05, 3.63) is 68.8 Å². The van der Waals surface area contributed by atoms with Gasteiger partial charge in [0, 0.05) is 13.1 Å². The highest BCUT2D eigenvalue weighted by Crippen LogP contribution is 2.34. The van der Waals surface area contributed by atoms with E-state index in [1.807, 2.05) is 0 Å². The Morgan fingerprint density at radius 1 is 0.957 bits per heavy atom. The highest BCUT2D eigenvalue weighted by atomic mass is 32.2. The average Bonchev–Trinajstić information content (AvgIpc) is 2.54. The lowest BCUT2D eigenvalue weighted by Crippen LogP contribution is -2.27. The largest absolute Gasteiger partial charge is 0.300 e. The van der Waals surface area contributed by atoms with Crippen LogP contribution in [0.15, 0.2) is 53.4 Å². The number of nitrogens with zero attached hydrogens (tertiary/aromatic N) is 3. The molecule has 23 heavy (non-hydrogen) atoms. The van der Waals surface area contributed by atoms with Gasteiger partial charge in [-0.05, 0) is 18.2 Å². The molecule has 10 heteroatoms. The second kappa shape index (κ2) is 6.01. The summed E-state index contributed by atoms with van der Waals surface area (Å²) in [5, 5.41) is 21.9. The number of nitro groups is 2. The smallest absolute Gasteiger partial charge is 0.262 e. The van der Waals surface area contributed by atoms with Crippen LogP contribution in [-0.2, 0) is 10.0 Å². The number of anilines is 1. The number of hydrogen-bond acceptors (Lipinski definition) is 6. The van der Waals surface area contributed by atoms with Crippen LogP contribution in [0.3, 0.4) is 0 Å². The Hall–Kier alpha value is -3.01. The van der Waals surface area contributed by atoms with Gasteiger partial charge in [-0.3, -0.25) is 24.5 Å². The maximum atomic E-state index is 12.5. The van der Waals surface area contributed by atoms with E-state index in [9.17, 15) is 28.6 Å². The summed E-state index contributed by atoms with van der Waals surface area (Å²) < 4.78 is 25.7. The fourth-order valence-electron chi connectivity index (χ4n) is 1.92. The molecule has 0 aromatic heterocycles. The van der Waals surface area contributed by atoms with Gasteiger partial charge in [0.25, 0.3) is 21.4 Å². The predicted octanol–water partition coefficient (Wildman–Crippen LogP) is 2.33. The summed E-state index contributed by atoms with van der Waals surface area (Å²) in [5.41, 5.74) is -1.42. The van der Waals surface area contributed by atoms with E-state index in [0.717, 1.165) is 29.6 Å². The van der Waals surface area contributed by atoms with E-state index in [4.69, 9.17) is 0 Å². The zero-order chi connectivity index (χ0) is 17.2. The van der Waals surface area contributed by atoms with Crippen molar-refractivity contribution in [3.8, 4) is 0 Å². The van der Waals surface area contributed by atoms with E-state index >= 15 is 0 Å². The maximum absolute atomic E-state index is 12.5. The number of non-ortho nitro benzene ring substituents is 1. The molecule has 2 rings (SSSR count). The van der Waals surface area contributed by atoms with Gasteiger partial charge in [-0.25, -0.2) is 8.42 Å². The van der Waals surface area contributed by atoms with Gasteiger partial charge < -0.3 is 0 Å². The van der Waals surface area contributed by atoms with Gasteiger partial charge in [-0.2, -0.15) is 0 Å². The second-order valence-electron chi connectivity index (χ2n) is 4.47. The molecule has 120 valence electrons. The van der Waals surface area contributed by atoms with Crippen LogP contribution in [0.5, 0.6) is 0 Å². The van der Waals surface area contributed by atoms with Crippen molar-refractivity contribution in [2.45, 2.75) is 4.90 Å². The number of hydrogen-bond donors (Lipinski definition) is 0. The lowest BCUT2D eigenvalue weighted by molar-refractivity contribution is -0.393. The van der Waals surface area contributed by atoms with Gasteiger partial charge in [0.15, 0.2) is 0 Å². The van der Waals surface area contributed by atoms with Gasteiger partial charge in [-0.1, -0.05) is 18.2 Å². The van der Waals surface area contributed by atoms with Crippen LogP contribution in [0.1, 0.15) is 0 Å². The number of benzene rings is 2. The Labute approximate surface area is 131 Å². The summed E-state index contributed by atoms with van der Waals surface area (Å²) in [4.78, 5) is 20.2. The van der Waals surface area contributed by atoms with Crippen molar-refractivity contribution in [3.63, 3.8) is 0 Å². The Balaban J connectivity index is 2.57. The van der Waals surface area contributed by atoms with Crippen LogP contribution in [0.4, 0.5) is 17.1 Å². The topological polar surface area (TPSA) is 124 Å². The van der Waals surface area contributed by atoms with Crippen molar-refractivity contribution >= 4 is 27.1 Å². The molecule has 0 radical (unpaired) electrons. The van der Waals surface area contributed by atoms with E-state index in [1.54, 1.807) is 6.07 Å². The molecular weight excluding hydrogens is 326 g/mol. The van der Waals surface area contributed by atoms with Crippen LogP contribution in [-0.4, -0.2) is 25.3 Å². The van der Waals surface area contributed by atoms with E-state index in [0.29, 0.717) is 0 Å². The Morgan fingerprint density at radius 3 is 2.09 bits per heavy atom. The molecule has 0 N–H and O–H groups in total. The lowest BCUT2D eigenvalue weighted by Gasteiger charge is -2.19. The molecule has 0 saturated heterocycles. The summed E-state index contributed by atoms with van der Waals surface area (Å²) in [6.45, 7) is 0. The third kappa shape index (κ3) is 3.11. The second-order valence-corrected chi connectivity index (χ2v) is 6.44.